The molecule has 0 saturated heterocycles. The number of benzene rings is 1. The molecule has 5 nitrogen and oxygen atoms in total. The smallest absolute Gasteiger partial charge is 0.329 e. The number of hydrogen-bond donors (Lipinski definition) is 2. The largest absolute Gasteiger partial charge is 0.480 e. The number of nitrogens with one attached hydrogen (secondary N) is 1. The maximum absolute atomic E-state index is 12.4. The van der Waals surface area contributed by atoms with Crippen molar-refractivity contribution in [3.05, 3.63) is 40.4 Å². The number of carbonyl (C=O) groups excluding carboxylic acids is 1. The second-order valence-electron chi connectivity index (χ2n) is 9.93. The van der Waals surface area contributed by atoms with Gasteiger partial charge in [0.1, 0.15) is 0 Å². The highest BCUT2D eigenvalue weighted by Gasteiger charge is 2.36. The lowest BCUT2D eigenvalue weighted by molar-refractivity contribution is -0.137. The van der Waals surface area contributed by atoms with Gasteiger partial charge in [-0.2, -0.15) is 0 Å². The molecule has 156 valence electrons. The van der Waals surface area contributed by atoms with Crippen molar-refractivity contribution in [3.8, 4) is 0 Å². The van der Waals surface area contributed by atoms with Gasteiger partial charge in [-0.25, -0.2) is 4.79 Å². The lowest BCUT2D eigenvalue weighted by atomic mass is 9.78. The number of thioether (sulfide) groups is 1. The molecule has 0 radical (unpaired) electrons. The summed E-state index contributed by atoms with van der Waals surface area (Å²) < 4.78 is 0. The summed E-state index contributed by atoms with van der Waals surface area (Å²) >= 11 is 1.58. The van der Waals surface area contributed by atoms with E-state index in [0.29, 0.717) is 12.2 Å². The molecule has 1 aliphatic heterocycles. The van der Waals surface area contributed by atoms with Gasteiger partial charge in [0, 0.05) is 34.0 Å². The average Bonchev–Trinajstić information content (AvgIpc) is 2.59. The van der Waals surface area contributed by atoms with E-state index in [0.717, 1.165) is 40.4 Å². The predicted octanol–water partition coefficient (Wildman–Crippen LogP) is 5.39. The Labute approximate surface area is 177 Å². The van der Waals surface area contributed by atoms with Crippen molar-refractivity contribution < 1.29 is 14.7 Å². The number of Topliss-reactive ketones (excluding diaryl/α,β-unsaturated/α-hetero) is 1. The number of aliphatic carboxylic acids is 1. The Morgan fingerprint density at radius 1 is 1.21 bits per heavy atom. The number of anilines is 1. The standard InChI is InChI=1S/C23H30N2O3S/c1-22(2,3)12-19(26)14-6-8-15(9-7-14)24-16-10-23(4,5)11-17-20(16)29-13-18(25-17)21(27)28/h6-9,18,24H,10-13H2,1-5H3,(H,27,28). The van der Waals surface area contributed by atoms with Crippen LogP contribution in [0.4, 0.5) is 5.69 Å². The maximum Gasteiger partial charge on any atom is 0.329 e. The van der Waals surface area contributed by atoms with Crippen LogP contribution in [0.3, 0.4) is 0 Å². The van der Waals surface area contributed by atoms with E-state index >= 15 is 0 Å². The molecule has 0 fully saturated rings. The zero-order valence-corrected chi connectivity index (χ0v) is 18.7. The predicted molar refractivity (Wildman–Crippen MR) is 120 cm³/mol. The first-order chi connectivity index (χ1) is 13.4. The van der Waals surface area contributed by atoms with Gasteiger partial charge in [0.15, 0.2) is 11.8 Å². The molecule has 2 N–H and O–H groups in total. The monoisotopic (exact) mass is 414 g/mol. The van der Waals surface area contributed by atoms with Crippen molar-refractivity contribution in [3.63, 3.8) is 0 Å². The fraction of sp³-hybridized carbons (Fsp3) is 0.522. The Balaban J connectivity index is 1.82. The van der Waals surface area contributed by atoms with E-state index in [2.05, 4.69) is 44.9 Å². The van der Waals surface area contributed by atoms with Crippen molar-refractivity contribution in [2.45, 2.75) is 59.9 Å². The molecule has 0 spiro atoms. The third-order valence-electron chi connectivity index (χ3n) is 5.01. The van der Waals surface area contributed by atoms with Crippen LogP contribution in [0.15, 0.2) is 39.9 Å². The number of carbonyl (C=O) groups is 2. The fourth-order valence-electron chi connectivity index (χ4n) is 3.72. The molecule has 0 saturated carbocycles. The van der Waals surface area contributed by atoms with Crippen molar-refractivity contribution >= 4 is 34.9 Å². The number of ketones is 1. The first-order valence-corrected chi connectivity index (χ1v) is 11.0. The third kappa shape index (κ3) is 5.50. The number of carboxylic acids is 1. The summed E-state index contributed by atoms with van der Waals surface area (Å²) in [4.78, 5) is 29.4. The molecule has 6 heteroatoms. The van der Waals surface area contributed by atoms with Crippen LogP contribution in [0.5, 0.6) is 0 Å². The number of carboxylic acid groups (broad SMARTS) is 1. The summed E-state index contributed by atoms with van der Waals surface area (Å²) in [6.45, 7) is 10.6. The Hall–Kier alpha value is -2.08. The Morgan fingerprint density at radius 3 is 2.45 bits per heavy atom. The minimum atomic E-state index is -0.863. The van der Waals surface area contributed by atoms with Crippen LogP contribution in [0.1, 0.15) is 64.2 Å². The minimum Gasteiger partial charge on any atom is -0.480 e. The summed E-state index contributed by atoms with van der Waals surface area (Å²) in [5.41, 5.74) is 3.61. The number of hydrogen-bond acceptors (Lipinski definition) is 5. The first kappa shape index (κ1) is 21.6. The van der Waals surface area contributed by atoms with Crippen molar-refractivity contribution in [1.29, 1.82) is 0 Å². The molecule has 1 aliphatic carbocycles. The summed E-state index contributed by atoms with van der Waals surface area (Å²) in [5.74, 6) is -0.251. The Bertz CT molecular complexity index is 876. The van der Waals surface area contributed by atoms with Crippen LogP contribution in [0, 0.1) is 10.8 Å². The highest BCUT2D eigenvalue weighted by Crippen LogP contribution is 2.43. The van der Waals surface area contributed by atoms with Gasteiger partial charge in [-0.1, -0.05) is 34.6 Å². The third-order valence-corrected chi connectivity index (χ3v) is 6.27. The van der Waals surface area contributed by atoms with E-state index in [9.17, 15) is 14.7 Å². The zero-order valence-electron chi connectivity index (χ0n) is 17.8. The van der Waals surface area contributed by atoms with Gasteiger partial charge in [0.2, 0.25) is 0 Å². The van der Waals surface area contributed by atoms with E-state index in [1.54, 1.807) is 11.8 Å². The highest BCUT2D eigenvalue weighted by molar-refractivity contribution is 8.04. The second-order valence-corrected chi connectivity index (χ2v) is 11.0. The number of aliphatic imine (C=N–C) groups is 1. The van der Waals surface area contributed by atoms with Gasteiger partial charge in [-0.05, 0) is 47.9 Å². The summed E-state index contributed by atoms with van der Waals surface area (Å²) in [7, 11) is 0. The van der Waals surface area contributed by atoms with Gasteiger partial charge in [-0.15, -0.1) is 11.8 Å². The molecular weight excluding hydrogens is 384 g/mol. The number of allylic oxidation sites excluding steroid dienone is 2. The van der Waals surface area contributed by atoms with Crippen LogP contribution in [0.25, 0.3) is 0 Å². The zero-order chi connectivity index (χ0) is 21.4. The minimum absolute atomic E-state index is 0.00817. The molecule has 1 aromatic carbocycles. The molecule has 1 unspecified atom stereocenters. The van der Waals surface area contributed by atoms with Crippen LogP contribution in [0.2, 0.25) is 0 Å². The van der Waals surface area contributed by atoms with E-state index in [4.69, 9.17) is 0 Å². The molecule has 1 aromatic rings. The molecule has 1 atom stereocenters. The summed E-state index contributed by atoms with van der Waals surface area (Å²) in [5, 5.41) is 12.8. The van der Waals surface area contributed by atoms with Crippen molar-refractivity contribution in [2.24, 2.45) is 15.8 Å². The normalized spacial score (nSPS) is 21.3. The van der Waals surface area contributed by atoms with Gasteiger partial charge in [-0.3, -0.25) is 9.79 Å². The van der Waals surface area contributed by atoms with Crippen molar-refractivity contribution in [1.82, 2.24) is 0 Å². The Morgan fingerprint density at radius 2 is 1.86 bits per heavy atom. The highest BCUT2D eigenvalue weighted by atomic mass is 32.2. The van der Waals surface area contributed by atoms with Gasteiger partial charge in [0.05, 0.1) is 5.71 Å². The van der Waals surface area contributed by atoms with E-state index in [-0.39, 0.29) is 16.6 Å². The molecule has 0 aromatic heterocycles. The number of rotatable bonds is 5. The Kier molecular flexibility index (Phi) is 5.95. The van der Waals surface area contributed by atoms with Crippen LogP contribution in [-0.4, -0.2) is 34.4 Å². The lowest BCUT2D eigenvalue weighted by Gasteiger charge is -2.36. The fourth-order valence-corrected chi connectivity index (χ4v) is 4.85. The molecule has 1 heterocycles. The molecular formula is C23H30N2O3S. The summed E-state index contributed by atoms with van der Waals surface area (Å²) in [6.07, 6.45) is 2.17. The van der Waals surface area contributed by atoms with Crippen LogP contribution in [-0.2, 0) is 4.79 Å². The summed E-state index contributed by atoms with van der Waals surface area (Å²) in [6, 6.07) is 6.96. The average molecular weight is 415 g/mol. The van der Waals surface area contributed by atoms with Crippen LogP contribution >= 0.6 is 11.8 Å². The molecule has 2 aliphatic rings. The number of fused-ring (bicyclic) bond motifs is 1. The van der Waals surface area contributed by atoms with Gasteiger partial charge in [0.25, 0.3) is 0 Å². The quantitative estimate of drug-likeness (QED) is 0.632. The molecule has 3 rings (SSSR count). The van der Waals surface area contributed by atoms with Gasteiger partial charge >= 0.3 is 5.97 Å². The molecule has 29 heavy (non-hydrogen) atoms. The van der Waals surface area contributed by atoms with E-state index in [1.165, 1.54) is 0 Å². The lowest BCUT2D eigenvalue weighted by Crippen LogP contribution is -2.34. The van der Waals surface area contributed by atoms with E-state index in [1.807, 2.05) is 24.3 Å². The van der Waals surface area contributed by atoms with Crippen LogP contribution < -0.4 is 5.32 Å². The molecule has 0 bridgehead atoms. The maximum atomic E-state index is 12.4. The second kappa shape index (κ2) is 7.98. The van der Waals surface area contributed by atoms with Crippen molar-refractivity contribution in [2.75, 3.05) is 11.1 Å². The van der Waals surface area contributed by atoms with E-state index < -0.39 is 12.0 Å². The van der Waals surface area contributed by atoms with Gasteiger partial charge < -0.3 is 10.4 Å². The molecule has 0 amide bonds. The number of nitrogens with zero attached hydrogens (tertiary/aromatic N) is 1. The SMILES string of the molecule is CC(C)(C)CC(=O)c1ccc(NC2=C3SCC(C(=O)O)N=C3CC(C)(C)C2)cc1. The first-order valence-electron chi connectivity index (χ1n) is 10.00. The topological polar surface area (TPSA) is 78.8 Å².